The minimum atomic E-state index is -0.590. The van der Waals surface area contributed by atoms with Gasteiger partial charge in [-0.2, -0.15) is 5.10 Å². The number of ketones is 1. The normalized spacial score (nSPS) is 15.0. The van der Waals surface area contributed by atoms with E-state index in [-0.39, 0.29) is 24.1 Å². The highest BCUT2D eigenvalue weighted by Crippen LogP contribution is 2.23. The van der Waals surface area contributed by atoms with E-state index in [1.54, 1.807) is 23.1 Å². The molecule has 146 valence electrons. The lowest BCUT2D eigenvalue weighted by Crippen LogP contribution is -2.20. The highest BCUT2D eigenvalue weighted by atomic mass is 16.5. The predicted octanol–water partition coefficient (Wildman–Crippen LogP) is 3.32. The summed E-state index contributed by atoms with van der Waals surface area (Å²) >= 11 is 0. The third-order valence-corrected chi connectivity index (χ3v) is 5.20. The summed E-state index contributed by atoms with van der Waals surface area (Å²) in [5, 5.41) is 5.17. The summed E-state index contributed by atoms with van der Waals surface area (Å²) in [6, 6.07) is 7.72. The van der Waals surface area contributed by atoms with Gasteiger partial charge in [-0.3, -0.25) is 9.48 Å². The summed E-state index contributed by atoms with van der Waals surface area (Å²) in [6.45, 7) is 3.15. The van der Waals surface area contributed by atoms with E-state index < -0.39 is 5.97 Å². The van der Waals surface area contributed by atoms with Crippen molar-refractivity contribution in [3.8, 4) is 0 Å². The molecule has 1 N–H and O–H groups in total. The van der Waals surface area contributed by atoms with Crippen LogP contribution in [0.5, 0.6) is 0 Å². The second-order valence-electron chi connectivity index (χ2n) is 6.92. The van der Waals surface area contributed by atoms with Gasteiger partial charge in [0, 0.05) is 42.1 Å². The van der Waals surface area contributed by atoms with Crippen LogP contribution in [0.1, 0.15) is 52.2 Å². The first-order valence-electron chi connectivity index (χ1n) is 9.59. The molecule has 1 aromatic carbocycles. The zero-order valence-corrected chi connectivity index (χ0v) is 15.8. The van der Waals surface area contributed by atoms with Crippen LogP contribution in [0.2, 0.25) is 0 Å². The van der Waals surface area contributed by atoms with Crippen LogP contribution in [-0.4, -0.2) is 46.3 Å². The number of aryl methyl sites for hydroxylation is 1. The van der Waals surface area contributed by atoms with Crippen LogP contribution in [0.4, 0.5) is 0 Å². The molecule has 7 heteroatoms. The van der Waals surface area contributed by atoms with Crippen molar-refractivity contribution in [3.05, 3.63) is 53.5 Å². The van der Waals surface area contributed by atoms with Crippen molar-refractivity contribution in [1.29, 1.82) is 0 Å². The van der Waals surface area contributed by atoms with Crippen LogP contribution in [0.3, 0.4) is 0 Å². The van der Waals surface area contributed by atoms with Gasteiger partial charge >= 0.3 is 5.97 Å². The van der Waals surface area contributed by atoms with Gasteiger partial charge in [0.15, 0.2) is 12.3 Å². The molecule has 1 aliphatic rings. The predicted molar refractivity (Wildman–Crippen MR) is 104 cm³/mol. The first-order chi connectivity index (χ1) is 13.7. The molecule has 0 spiro atoms. The molecule has 1 saturated heterocycles. The van der Waals surface area contributed by atoms with Gasteiger partial charge in [-0.05, 0) is 30.9 Å². The Kier molecular flexibility index (Phi) is 5.25. The Morgan fingerprint density at radius 1 is 1.29 bits per heavy atom. The molecule has 0 unspecified atom stereocenters. The molecule has 7 nitrogen and oxygen atoms in total. The number of nitrogens with zero attached hydrogens (tertiary/aromatic N) is 2. The Labute approximate surface area is 162 Å². The van der Waals surface area contributed by atoms with Crippen LogP contribution in [0.25, 0.3) is 10.9 Å². The molecule has 0 amide bonds. The van der Waals surface area contributed by atoms with Gasteiger partial charge in [0.1, 0.15) is 0 Å². The fourth-order valence-corrected chi connectivity index (χ4v) is 3.63. The lowest BCUT2D eigenvalue weighted by molar-refractivity contribution is 0.0464. The van der Waals surface area contributed by atoms with Crippen LogP contribution in [0, 0.1) is 0 Å². The van der Waals surface area contributed by atoms with Crippen molar-refractivity contribution in [1.82, 2.24) is 14.8 Å². The molecule has 3 aromatic rings. The third kappa shape index (κ3) is 3.57. The molecule has 1 fully saturated rings. The zero-order valence-electron chi connectivity index (χ0n) is 15.8. The molecule has 0 saturated carbocycles. The second kappa shape index (κ2) is 7.98. The molecule has 1 aliphatic heterocycles. The number of para-hydroxylation sites is 1. The number of hydrogen-bond acceptors (Lipinski definition) is 5. The maximum atomic E-state index is 12.6. The monoisotopic (exact) mass is 381 g/mol. The summed E-state index contributed by atoms with van der Waals surface area (Å²) in [5.74, 6) is -0.829. The van der Waals surface area contributed by atoms with Gasteiger partial charge in [-0.25, -0.2) is 4.79 Å². The van der Waals surface area contributed by atoms with Crippen molar-refractivity contribution < 1.29 is 19.1 Å². The average Bonchev–Trinajstić information content (AvgIpc) is 3.39. The highest BCUT2D eigenvalue weighted by molar-refractivity contribution is 6.09. The van der Waals surface area contributed by atoms with E-state index in [1.165, 1.54) is 0 Å². The molecule has 0 atom stereocenters. The quantitative estimate of drug-likeness (QED) is 0.523. The number of ether oxygens (including phenoxy) is 2. The maximum Gasteiger partial charge on any atom is 0.359 e. The lowest BCUT2D eigenvalue weighted by atomic mass is 10.1. The van der Waals surface area contributed by atoms with E-state index in [0.29, 0.717) is 18.8 Å². The standard InChI is InChI=1S/C21H23N3O4/c1-2-14-4-3-5-16-17(12-22-20(14)16)19(25)13-28-21(26)18-6-9-24(23-18)15-7-10-27-11-8-15/h3-6,9,12,15,22H,2,7-8,10-11,13H2,1H3. The molecular weight excluding hydrogens is 358 g/mol. The van der Waals surface area contributed by atoms with Crippen molar-refractivity contribution in [2.75, 3.05) is 19.8 Å². The number of carbonyl (C=O) groups is 2. The fourth-order valence-electron chi connectivity index (χ4n) is 3.63. The molecular formula is C21H23N3O4. The lowest BCUT2D eigenvalue weighted by Gasteiger charge is -2.22. The largest absolute Gasteiger partial charge is 0.453 e. The zero-order chi connectivity index (χ0) is 19.5. The van der Waals surface area contributed by atoms with E-state index in [1.807, 2.05) is 18.2 Å². The topological polar surface area (TPSA) is 86.2 Å². The highest BCUT2D eigenvalue weighted by Gasteiger charge is 2.20. The van der Waals surface area contributed by atoms with Gasteiger partial charge in [0.25, 0.3) is 0 Å². The van der Waals surface area contributed by atoms with Gasteiger partial charge < -0.3 is 14.5 Å². The number of esters is 1. The minimum Gasteiger partial charge on any atom is -0.453 e. The summed E-state index contributed by atoms with van der Waals surface area (Å²) in [6.07, 6.45) is 6.07. The van der Waals surface area contributed by atoms with Crippen molar-refractivity contribution >= 4 is 22.7 Å². The molecule has 2 aromatic heterocycles. The first-order valence-corrected chi connectivity index (χ1v) is 9.59. The van der Waals surface area contributed by atoms with Crippen molar-refractivity contribution in [2.45, 2.75) is 32.2 Å². The van der Waals surface area contributed by atoms with Crippen LogP contribution in [-0.2, 0) is 15.9 Å². The van der Waals surface area contributed by atoms with E-state index in [4.69, 9.17) is 9.47 Å². The smallest absolute Gasteiger partial charge is 0.359 e. The van der Waals surface area contributed by atoms with Crippen LogP contribution < -0.4 is 0 Å². The fraction of sp³-hybridized carbons (Fsp3) is 0.381. The van der Waals surface area contributed by atoms with E-state index in [9.17, 15) is 9.59 Å². The van der Waals surface area contributed by atoms with Crippen LogP contribution in [0.15, 0.2) is 36.7 Å². The molecule has 0 radical (unpaired) electrons. The van der Waals surface area contributed by atoms with E-state index in [0.717, 1.165) is 35.7 Å². The Balaban J connectivity index is 1.41. The van der Waals surface area contributed by atoms with E-state index in [2.05, 4.69) is 17.0 Å². The van der Waals surface area contributed by atoms with Crippen LogP contribution >= 0.6 is 0 Å². The summed E-state index contributed by atoms with van der Waals surface area (Å²) < 4.78 is 12.3. The Bertz CT molecular complexity index is 998. The third-order valence-electron chi connectivity index (χ3n) is 5.20. The van der Waals surface area contributed by atoms with Crippen molar-refractivity contribution in [2.24, 2.45) is 0 Å². The number of benzene rings is 1. The number of aromatic amines is 1. The number of H-pyrrole nitrogens is 1. The molecule has 0 bridgehead atoms. The van der Waals surface area contributed by atoms with E-state index >= 15 is 0 Å². The summed E-state index contributed by atoms with van der Waals surface area (Å²) in [4.78, 5) is 28.0. The Hall–Kier alpha value is -2.93. The van der Waals surface area contributed by atoms with Gasteiger partial charge in [0.2, 0.25) is 5.78 Å². The first kappa shape index (κ1) is 18.4. The number of nitrogens with one attached hydrogen (secondary N) is 1. The van der Waals surface area contributed by atoms with Gasteiger partial charge in [0.05, 0.1) is 6.04 Å². The second-order valence-corrected chi connectivity index (χ2v) is 6.92. The number of fused-ring (bicyclic) bond motifs is 1. The number of carbonyl (C=O) groups excluding carboxylic acids is 2. The summed E-state index contributed by atoms with van der Waals surface area (Å²) in [5.41, 5.74) is 2.85. The average molecular weight is 381 g/mol. The number of rotatable bonds is 6. The Morgan fingerprint density at radius 3 is 2.89 bits per heavy atom. The molecule has 0 aliphatic carbocycles. The van der Waals surface area contributed by atoms with Crippen molar-refractivity contribution in [3.63, 3.8) is 0 Å². The SMILES string of the molecule is CCc1cccc2c(C(=O)COC(=O)c3ccn(C4CCOCC4)n3)c[nH]c12. The number of aromatic nitrogens is 3. The number of hydrogen-bond donors (Lipinski definition) is 1. The number of Topliss-reactive ketones (excluding diaryl/α,β-unsaturated/α-hetero) is 1. The molecule has 4 rings (SSSR count). The van der Waals surface area contributed by atoms with Gasteiger partial charge in [-0.1, -0.05) is 25.1 Å². The molecule has 3 heterocycles. The Morgan fingerprint density at radius 2 is 2.11 bits per heavy atom. The summed E-state index contributed by atoms with van der Waals surface area (Å²) in [7, 11) is 0. The van der Waals surface area contributed by atoms with Gasteiger partial charge in [-0.15, -0.1) is 0 Å². The maximum absolute atomic E-state index is 12.6. The molecule has 28 heavy (non-hydrogen) atoms. The minimum absolute atomic E-state index is 0.214.